The molecule has 0 unspecified atom stereocenters. The van der Waals surface area contributed by atoms with Crippen LogP contribution in [0.4, 0.5) is 0 Å². The summed E-state index contributed by atoms with van der Waals surface area (Å²) in [5.74, 6) is 0.139. The van der Waals surface area contributed by atoms with Crippen LogP contribution in [0.3, 0.4) is 0 Å². The fourth-order valence-electron chi connectivity index (χ4n) is 1.94. The van der Waals surface area contributed by atoms with Gasteiger partial charge in [-0.25, -0.2) is 4.79 Å². The Balaban J connectivity index is 2.04. The Kier molecular flexibility index (Phi) is 6.11. The molecule has 0 bridgehead atoms. The highest BCUT2D eigenvalue weighted by atomic mass is 32.1. The molecule has 0 aliphatic rings. The van der Waals surface area contributed by atoms with Crippen molar-refractivity contribution in [1.82, 2.24) is 0 Å². The van der Waals surface area contributed by atoms with Gasteiger partial charge in [0.2, 0.25) is 0 Å². The summed E-state index contributed by atoms with van der Waals surface area (Å²) >= 11 is 1.54. The topological polar surface area (TPSA) is 52.6 Å². The average Bonchev–Trinajstić information content (AvgIpc) is 3.05. The van der Waals surface area contributed by atoms with Crippen LogP contribution in [-0.2, 0) is 16.1 Å². The highest BCUT2D eigenvalue weighted by molar-refractivity contribution is 7.10. The number of thiophene rings is 1. The second kappa shape index (κ2) is 8.29. The molecule has 1 aromatic carbocycles. The summed E-state index contributed by atoms with van der Waals surface area (Å²) in [6.07, 6.45) is 3.10. The van der Waals surface area contributed by atoms with Gasteiger partial charge >= 0.3 is 5.97 Å². The van der Waals surface area contributed by atoms with Crippen molar-refractivity contribution in [3.63, 3.8) is 0 Å². The molecule has 0 fully saturated rings. The molecule has 2 rings (SSSR count). The van der Waals surface area contributed by atoms with E-state index in [1.807, 2.05) is 24.4 Å². The molecular weight excluding hydrogens is 312 g/mol. The molecule has 1 heterocycles. The van der Waals surface area contributed by atoms with E-state index in [-0.39, 0.29) is 12.4 Å². The number of hydrogen-bond donors (Lipinski definition) is 0. The van der Waals surface area contributed by atoms with E-state index in [0.29, 0.717) is 23.5 Å². The maximum absolute atomic E-state index is 11.8. The molecule has 0 saturated carbocycles. The minimum atomic E-state index is -0.436. The van der Waals surface area contributed by atoms with Crippen molar-refractivity contribution in [2.45, 2.75) is 20.5 Å². The normalized spacial score (nSPS) is 10.7. The molecule has 0 radical (unpaired) electrons. The molecule has 0 aliphatic carbocycles. The number of rotatable bonds is 7. The van der Waals surface area contributed by atoms with E-state index >= 15 is 0 Å². The van der Waals surface area contributed by atoms with Gasteiger partial charge in [-0.2, -0.15) is 0 Å². The van der Waals surface area contributed by atoms with Crippen molar-refractivity contribution in [2.24, 2.45) is 0 Å². The number of ether oxygens (including phenoxy) is 2. The van der Waals surface area contributed by atoms with Crippen molar-refractivity contribution in [1.29, 1.82) is 0 Å². The van der Waals surface area contributed by atoms with Crippen molar-refractivity contribution < 1.29 is 19.1 Å². The number of carbonyl (C=O) groups is 2. The Morgan fingerprint density at radius 1 is 1.26 bits per heavy atom. The van der Waals surface area contributed by atoms with Crippen molar-refractivity contribution in [3.05, 3.63) is 57.8 Å². The quantitative estimate of drug-likeness (QED) is 0.435. The van der Waals surface area contributed by atoms with Gasteiger partial charge in [-0.15, -0.1) is 11.3 Å². The predicted octanol–water partition coefficient (Wildman–Crippen LogP) is 4.11. The summed E-state index contributed by atoms with van der Waals surface area (Å²) in [6, 6.07) is 8.96. The number of benzene rings is 1. The van der Waals surface area contributed by atoms with Gasteiger partial charge in [-0.1, -0.05) is 6.07 Å². The monoisotopic (exact) mass is 330 g/mol. The Bertz CT molecular complexity index is 702. The Hall–Kier alpha value is -2.40. The van der Waals surface area contributed by atoms with E-state index in [1.165, 1.54) is 13.0 Å². The smallest absolute Gasteiger partial charge is 0.331 e. The minimum absolute atomic E-state index is 0.0433. The largest absolute Gasteiger partial charge is 0.493 e. The molecule has 0 spiro atoms. The predicted molar refractivity (Wildman–Crippen MR) is 90.8 cm³/mol. The Morgan fingerprint density at radius 2 is 2.09 bits per heavy atom. The molecule has 2 aromatic rings. The second-order valence-electron chi connectivity index (χ2n) is 4.77. The molecule has 0 aliphatic heterocycles. The summed E-state index contributed by atoms with van der Waals surface area (Å²) in [4.78, 5) is 24.2. The van der Waals surface area contributed by atoms with E-state index < -0.39 is 5.97 Å². The summed E-state index contributed by atoms with van der Waals surface area (Å²) in [7, 11) is 0. The van der Waals surface area contributed by atoms with Crippen LogP contribution < -0.4 is 4.74 Å². The molecule has 23 heavy (non-hydrogen) atoms. The van der Waals surface area contributed by atoms with Crippen molar-refractivity contribution in [3.8, 4) is 5.75 Å². The van der Waals surface area contributed by atoms with Crippen molar-refractivity contribution in [2.75, 3.05) is 6.61 Å². The molecule has 5 heteroatoms. The standard InChI is InChI=1S/C18H18O4S/c1-3-21-17-8-6-14(13(2)19)11-15(17)12-22-18(20)9-7-16-5-4-10-23-16/h4-11H,3,12H2,1-2H3/b9-7+. The van der Waals surface area contributed by atoms with Gasteiger partial charge in [0.15, 0.2) is 5.78 Å². The van der Waals surface area contributed by atoms with Crippen LogP contribution in [0.2, 0.25) is 0 Å². The maximum atomic E-state index is 11.8. The number of carbonyl (C=O) groups excluding carboxylic acids is 2. The summed E-state index contributed by atoms with van der Waals surface area (Å²) in [6.45, 7) is 3.93. The zero-order valence-corrected chi connectivity index (χ0v) is 13.9. The lowest BCUT2D eigenvalue weighted by atomic mass is 10.1. The molecule has 120 valence electrons. The molecule has 0 amide bonds. The fourth-order valence-corrected chi connectivity index (χ4v) is 2.56. The summed E-state index contributed by atoms with van der Waals surface area (Å²) in [5, 5.41) is 1.94. The lowest BCUT2D eigenvalue weighted by molar-refractivity contribution is -0.138. The van der Waals surface area contributed by atoms with Gasteiger partial charge in [-0.05, 0) is 49.6 Å². The highest BCUT2D eigenvalue weighted by Crippen LogP contribution is 2.22. The molecule has 0 atom stereocenters. The molecular formula is C18H18O4S. The summed E-state index contributed by atoms with van der Waals surface area (Å²) < 4.78 is 10.7. The van der Waals surface area contributed by atoms with Crippen LogP contribution in [-0.4, -0.2) is 18.4 Å². The fraction of sp³-hybridized carbons (Fsp3) is 0.222. The van der Waals surface area contributed by atoms with Gasteiger partial charge in [0.25, 0.3) is 0 Å². The van der Waals surface area contributed by atoms with E-state index in [9.17, 15) is 9.59 Å². The third kappa shape index (κ3) is 5.07. The van der Waals surface area contributed by atoms with Crippen LogP contribution in [0.1, 0.15) is 34.6 Å². The first kappa shape index (κ1) is 17.0. The zero-order valence-electron chi connectivity index (χ0n) is 13.1. The van der Waals surface area contributed by atoms with E-state index in [4.69, 9.17) is 9.47 Å². The van der Waals surface area contributed by atoms with Crippen molar-refractivity contribution >= 4 is 29.2 Å². The third-order valence-electron chi connectivity index (χ3n) is 3.06. The van der Waals surface area contributed by atoms with Gasteiger partial charge in [0.05, 0.1) is 6.61 Å². The van der Waals surface area contributed by atoms with Crippen LogP contribution in [0.15, 0.2) is 41.8 Å². The number of hydrogen-bond acceptors (Lipinski definition) is 5. The third-order valence-corrected chi connectivity index (χ3v) is 3.90. The maximum Gasteiger partial charge on any atom is 0.331 e. The summed E-state index contributed by atoms with van der Waals surface area (Å²) in [5.41, 5.74) is 1.24. The first-order chi connectivity index (χ1) is 11.1. The lowest BCUT2D eigenvalue weighted by Crippen LogP contribution is -2.05. The van der Waals surface area contributed by atoms with E-state index in [1.54, 1.807) is 35.6 Å². The zero-order chi connectivity index (χ0) is 16.7. The Labute approximate surface area is 139 Å². The van der Waals surface area contributed by atoms with Gasteiger partial charge in [-0.3, -0.25) is 4.79 Å². The average molecular weight is 330 g/mol. The van der Waals surface area contributed by atoms with E-state index in [2.05, 4.69) is 0 Å². The van der Waals surface area contributed by atoms with Gasteiger partial charge in [0, 0.05) is 22.1 Å². The minimum Gasteiger partial charge on any atom is -0.493 e. The van der Waals surface area contributed by atoms with Crippen LogP contribution in [0.5, 0.6) is 5.75 Å². The molecule has 0 saturated heterocycles. The second-order valence-corrected chi connectivity index (χ2v) is 5.75. The van der Waals surface area contributed by atoms with Gasteiger partial charge in [0.1, 0.15) is 12.4 Å². The van der Waals surface area contributed by atoms with Crippen LogP contribution in [0.25, 0.3) is 6.08 Å². The number of Topliss-reactive ketones (excluding diaryl/α,β-unsaturated/α-hetero) is 1. The number of ketones is 1. The van der Waals surface area contributed by atoms with Gasteiger partial charge < -0.3 is 9.47 Å². The molecule has 1 aromatic heterocycles. The highest BCUT2D eigenvalue weighted by Gasteiger charge is 2.09. The number of esters is 1. The lowest BCUT2D eigenvalue weighted by Gasteiger charge is -2.11. The van der Waals surface area contributed by atoms with Crippen LogP contribution in [0, 0.1) is 0 Å². The van der Waals surface area contributed by atoms with Crippen LogP contribution >= 0.6 is 11.3 Å². The molecule has 0 N–H and O–H groups in total. The Morgan fingerprint density at radius 3 is 2.74 bits per heavy atom. The SMILES string of the molecule is CCOc1ccc(C(C)=O)cc1COC(=O)/C=C/c1cccs1. The first-order valence-corrected chi connectivity index (χ1v) is 8.13. The van der Waals surface area contributed by atoms with E-state index in [0.717, 1.165) is 4.88 Å². The first-order valence-electron chi connectivity index (χ1n) is 7.25. The molecule has 4 nitrogen and oxygen atoms in total.